The van der Waals surface area contributed by atoms with Crippen molar-refractivity contribution in [3.63, 3.8) is 0 Å². The van der Waals surface area contributed by atoms with Crippen LogP contribution in [0.25, 0.3) is 22.2 Å². The number of nitriles is 1. The fourth-order valence-corrected chi connectivity index (χ4v) is 4.68. The van der Waals surface area contributed by atoms with E-state index in [0.29, 0.717) is 33.0 Å². The van der Waals surface area contributed by atoms with Crippen LogP contribution in [0.3, 0.4) is 0 Å². The van der Waals surface area contributed by atoms with Crippen LogP contribution in [-0.2, 0) is 0 Å². The number of fused-ring (bicyclic) bond motifs is 2. The van der Waals surface area contributed by atoms with Gasteiger partial charge in [0.25, 0.3) is 5.56 Å². The summed E-state index contributed by atoms with van der Waals surface area (Å²) in [4.78, 5) is 27.5. The van der Waals surface area contributed by atoms with Gasteiger partial charge in [-0.05, 0) is 24.6 Å². The van der Waals surface area contributed by atoms with Crippen LogP contribution in [0.15, 0.2) is 66.1 Å². The molecule has 0 amide bonds. The van der Waals surface area contributed by atoms with E-state index in [1.54, 1.807) is 27.4 Å². The van der Waals surface area contributed by atoms with E-state index in [4.69, 9.17) is 11.6 Å². The third-order valence-electron chi connectivity index (χ3n) is 6.02. The van der Waals surface area contributed by atoms with Crippen LogP contribution >= 0.6 is 25.1 Å². The van der Waals surface area contributed by atoms with Gasteiger partial charge in [-0.15, -0.1) is 0 Å². The number of benzene rings is 1. The van der Waals surface area contributed by atoms with Crippen LogP contribution in [0.2, 0.25) is 5.02 Å². The molecule has 0 bridgehead atoms. The van der Waals surface area contributed by atoms with Crippen molar-refractivity contribution in [2.24, 2.45) is 0 Å². The van der Waals surface area contributed by atoms with Gasteiger partial charge >= 0.3 is 0 Å². The second-order valence-electron chi connectivity index (χ2n) is 7.68. The molecular weight excluding hydrogens is 458 g/mol. The maximum absolute atomic E-state index is 13.6. The number of halogens is 1. The zero-order chi connectivity index (χ0) is 21.8. The monoisotopic (exact) mass is 475 g/mol. The molecule has 4 aromatic heterocycles. The third-order valence-corrected chi connectivity index (χ3v) is 6.32. The SMILES string of the molecule is N#Cc1c[nH]c2ncnc(N3CC[C@H]3c3cn4ccc(Cl)c4c(=O)n3-c3ccccc3)c12.S. The molecule has 0 aliphatic carbocycles. The first-order valence-corrected chi connectivity index (χ1v) is 10.5. The van der Waals surface area contributed by atoms with Gasteiger partial charge in [0.15, 0.2) is 0 Å². The van der Waals surface area contributed by atoms with E-state index in [0.717, 1.165) is 24.3 Å². The zero-order valence-electron chi connectivity index (χ0n) is 17.2. The lowest BCUT2D eigenvalue weighted by Gasteiger charge is -2.43. The number of H-pyrrole nitrogens is 1. The number of anilines is 1. The Balaban J connectivity index is 0.00000228. The summed E-state index contributed by atoms with van der Waals surface area (Å²) < 4.78 is 3.50. The molecule has 1 atom stereocenters. The van der Waals surface area contributed by atoms with E-state index in [9.17, 15) is 10.1 Å². The Hall–Kier alpha value is -3.74. The lowest BCUT2D eigenvalue weighted by Crippen LogP contribution is -2.44. The first-order chi connectivity index (χ1) is 15.7. The minimum atomic E-state index is -0.178. The van der Waals surface area contributed by atoms with E-state index in [1.165, 1.54) is 6.33 Å². The van der Waals surface area contributed by atoms with Crippen LogP contribution in [0.5, 0.6) is 0 Å². The molecule has 1 fully saturated rings. The van der Waals surface area contributed by atoms with Gasteiger partial charge in [-0.2, -0.15) is 18.8 Å². The number of para-hydroxylation sites is 1. The summed E-state index contributed by atoms with van der Waals surface area (Å²) in [5.41, 5.74) is 2.97. The summed E-state index contributed by atoms with van der Waals surface area (Å²) in [7, 11) is 0. The van der Waals surface area contributed by atoms with E-state index >= 15 is 0 Å². The van der Waals surface area contributed by atoms with Crippen molar-refractivity contribution in [1.82, 2.24) is 23.9 Å². The van der Waals surface area contributed by atoms with Crippen molar-refractivity contribution < 1.29 is 0 Å². The van der Waals surface area contributed by atoms with Crippen LogP contribution in [0.4, 0.5) is 5.82 Å². The smallest absolute Gasteiger partial charge is 0.281 e. The van der Waals surface area contributed by atoms with Gasteiger partial charge < -0.3 is 14.3 Å². The van der Waals surface area contributed by atoms with Gasteiger partial charge in [0.05, 0.1) is 27.7 Å². The van der Waals surface area contributed by atoms with Gasteiger partial charge in [-0.3, -0.25) is 9.36 Å². The summed E-state index contributed by atoms with van der Waals surface area (Å²) in [6, 6.07) is 13.4. The Bertz CT molecular complexity index is 1600. The minimum absolute atomic E-state index is 0. The number of aromatic nitrogens is 5. The number of hydrogen-bond acceptors (Lipinski definition) is 5. The molecule has 1 saturated heterocycles. The normalized spacial score (nSPS) is 15.3. The third kappa shape index (κ3) is 3.10. The second kappa shape index (κ2) is 7.99. The van der Waals surface area contributed by atoms with Gasteiger partial charge in [0.2, 0.25) is 0 Å². The molecule has 1 aliphatic heterocycles. The first kappa shape index (κ1) is 21.1. The fraction of sp³-hybridized carbons (Fsp3) is 0.130. The fourth-order valence-electron chi connectivity index (χ4n) is 4.45. The van der Waals surface area contributed by atoms with E-state index < -0.39 is 0 Å². The molecule has 0 unspecified atom stereocenters. The van der Waals surface area contributed by atoms with E-state index in [2.05, 4.69) is 25.9 Å². The van der Waals surface area contributed by atoms with Gasteiger partial charge in [0.1, 0.15) is 29.4 Å². The molecule has 0 spiro atoms. The van der Waals surface area contributed by atoms with Crippen LogP contribution in [0, 0.1) is 11.3 Å². The number of nitrogens with one attached hydrogen (secondary N) is 1. The van der Waals surface area contributed by atoms with Crippen LogP contribution in [0.1, 0.15) is 23.7 Å². The van der Waals surface area contributed by atoms with Gasteiger partial charge in [0, 0.05) is 30.8 Å². The predicted octanol–water partition coefficient (Wildman–Crippen LogP) is 3.95. The van der Waals surface area contributed by atoms with Crippen molar-refractivity contribution in [2.45, 2.75) is 12.5 Å². The highest BCUT2D eigenvalue weighted by Crippen LogP contribution is 2.40. The molecule has 1 N–H and O–H groups in total. The molecule has 8 nitrogen and oxygen atoms in total. The van der Waals surface area contributed by atoms with E-state index in [-0.39, 0.29) is 25.1 Å². The largest absolute Gasteiger partial charge is 0.347 e. The molecule has 5 aromatic rings. The molecule has 1 aromatic carbocycles. The van der Waals surface area contributed by atoms with Crippen LogP contribution < -0.4 is 10.5 Å². The first-order valence-electron chi connectivity index (χ1n) is 10.1. The number of rotatable bonds is 3. The minimum Gasteiger partial charge on any atom is -0.347 e. The maximum atomic E-state index is 13.6. The van der Waals surface area contributed by atoms with E-state index in [1.807, 2.05) is 36.5 Å². The Morgan fingerprint density at radius 3 is 2.73 bits per heavy atom. The summed E-state index contributed by atoms with van der Waals surface area (Å²) in [5.74, 6) is 0.682. The van der Waals surface area contributed by atoms with Crippen molar-refractivity contribution in [3.8, 4) is 11.8 Å². The Kier molecular flexibility index (Phi) is 5.12. The highest BCUT2D eigenvalue weighted by atomic mass is 35.5. The second-order valence-corrected chi connectivity index (χ2v) is 8.09. The molecule has 164 valence electrons. The van der Waals surface area contributed by atoms with Gasteiger partial charge in [-0.25, -0.2) is 9.97 Å². The highest BCUT2D eigenvalue weighted by molar-refractivity contribution is 7.59. The molecule has 0 radical (unpaired) electrons. The number of aromatic amines is 1. The summed E-state index contributed by atoms with van der Waals surface area (Å²) in [6.45, 7) is 0.750. The van der Waals surface area contributed by atoms with Gasteiger partial charge in [-0.1, -0.05) is 29.8 Å². The Morgan fingerprint density at radius 1 is 1.18 bits per heavy atom. The number of nitrogens with zero attached hydrogens (tertiary/aromatic N) is 6. The molecular formula is C23H18ClN7OS. The standard InChI is InChI=1S/C23H16ClN7O.H2S/c24-16-6-8-29-12-18(31(23(32)20(16)29)15-4-2-1-3-5-15)17-7-9-30(17)22-19-14(10-25)11-26-21(19)27-13-28-22;/h1-6,8,11-13,17H,7,9H2,(H,26,27,28);1H2/t17-;/m0./s1. The van der Waals surface area contributed by atoms with Crippen molar-refractivity contribution in [1.29, 1.82) is 5.26 Å². The zero-order valence-corrected chi connectivity index (χ0v) is 19.0. The lowest BCUT2D eigenvalue weighted by molar-refractivity contribution is 0.442. The summed E-state index contributed by atoms with van der Waals surface area (Å²) in [5, 5.41) is 10.7. The van der Waals surface area contributed by atoms with Crippen molar-refractivity contribution in [3.05, 3.63) is 87.9 Å². The molecule has 33 heavy (non-hydrogen) atoms. The summed E-state index contributed by atoms with van der Waals surface area (Å²) in [6.07, 6.45) is 7.72. The molecule has 5 heterocycles. The molecule has 10 heteroatoms. The average Bonchev–Trinajstić information content (AvgIpc) is 3.38. The highest BCUT2D eigenvalue weighted by Gasteiger charge is 2.35. The van der Waals surface area contributed by atoms with Crippen LogP contribution in [-0.4, -0.2) is 30.5 Å². The van der Waals surface area contributed by atoms with Crippen molar-refractivity contribution >= 4 is 47.5 Å². The molecule has 6 rings (SSSR count). The Labute approximate surface area is 200 Å². The topological polar surface area (TPSA) is 95.0 Å². The number of hydrogen-bond donors (Lipinski definition) is 1. The summed E-state index contributed by atoms with van der Waals surface area (Å²) >= 11 is 6.33. The Morgan fingerprint density at radius 2 is 2.00 bits per heavy atom. The molecule has 0 saturated carbocycles. The quantitative estimate of drug-likeness (QED) is 0.426. The maximum Gasteiger partial charge on any atom is 0.281 e. The lowest BCUT2D eigenvalue weighted by atomic mass is 9.98. The molecule has 1 aliphatic rings. The average molecular weight is 476 g/mol. The van der Waals surface area contributed by atoms with Crippen molar-refractivity contribution in [2.75, 3.05) is 11.4 Å². The predicted molar refractivity (Wildman–Crippen MR) is 132 cm³/mol.